The van der Waals surface area contributed by atoms with E-state index in [2.05, 4.69) is 62.2 Å². The maximum atomic E-state index is 5.96. The van der Waals surface area contributed by atoms with Gasteiger partial charge in [0.1, 0.15) is 5.82 Å². The van der Waals surface area contributed by atoms with Crippen molar-refractivity contribution in [3.8, 4) is 0 Å². The quantitative estimate of drug-likeness (QED) is 0.648. The lowest BCUT2D eigenvalue weighted by atomic mass is 10.1. The summed E-state index contributed by atoms with van der Waals surface area (Å²) in [6, 6.07) is 8.43. The van der Waals surface area contributed by atoms with Crippen molar-refractivity contribution in [1.29, 1.82) is 0 Å². The molecule has 5 rings (SSSR count). The van der Waals surface area contributed by atoms with E-state index in [4.69, 9.17) is 9.47 Å². The highest BCUT2D eigenvalue weighted by atomic mass is 16.5. The van der Waals surface area contributed by atoms with Gasteiger partial charge in [-0.25, -0.2) is 0 Å². The highest BCUT2D eigenvalue weighted by Gasteiger charge is 2.25. The maximum absolute atomic E-state index is 5.96. The number of para-hydroxylation sites is 1. The molecule has 0 saturated carbocycles. The molecular weight excluding hydrogens is 378 g/mol. The minimum absolute atomic E-state index is 0.279. The molecule has 30 heavy (non-hydrogen) atoms. The van der Waals surface area contributed by atoms with Crippen molar-refractivity contribution in [2.45, 2.75) is 44.8 Å². The first-order valence-corrected chi connectivity index (χ1v) is 11.2. The molecule has 2 aromatic heterocycles. The largest absolute Gasteiger partial charge is 0.381 e. The highest BCUT2D eigenvalue weighted by Crippen LogP contribution is 2.25. The molecule has 0 spiro atoms. The average Bonchev–Trinajstić information content (AvgIpc) is 3.51. The van der Waals surface area contributed by atoms with Crippen molar-refractivity contribution < 1.29 is 9.47 Å². The number of nitrogens with zero attached hydrogens (tertiary/aromatic N) is 4. The number of aromatic amines is 1. The first kappa shape index (κ1) is 19.6. The number of aromatic nitrogens is 4. The van der Waals surface area contributed by atoms with Gasteiger partial charge in [0.25, 0.3) is 0 Å². The van der Waals surface area contributed by atoms with Crippen LogP contribution in [-0.2, 0) is 22.4 Å². The molecule has 160 valence electrons. The molecule has 1 aromatic carbocycles. The van der Waals surface area contributed by atoms with Gasteiger partial charge in [-0.3, -0.25) is 4.57 Å². The van der Waals surface area contributed by atoms with Crippen molar-refractivity contribution in [1.82, 2.24) is 19.7 Å². The van der Waals surface area contributed by atoms with Crippen LogP contribution in [-0.4, -0.2) is 59.3 Å². The number of fused-ring (bicyclic) bond motifs is 1. The Hall–Kier alpha value is -2.38. The second-order valence-electron chi connectivity index (χ2n) is 8.66. The third-order valence-corrected chi connectivity index (χ3v) is 6.39. The Labute approximate surface area is 177 Å². The van der Waals surface area contributed by atoms with Crippen molar-refractivity contribution in [3.63, 3.8) is 0 Å². The van der Waals surface area contributed by atoms with E-state index in [-0.39, 0.29) is 6.10 Å². The summed E-state index contributed by atoms with van der Waals surface area (Å²) >= 11 is 0. The van der Waals surface area contributed by atoms with Gasteiger partial charge >= 0.3 is 0 Å². The van der Waals surface area contributed by atoms with Crippen LogP contribution in [0.15, 0.2) is 30.5 Å². The third-order valence-electron chi connectivity index (χ3n) is 6.39. The van der Waals surface area contributed by atoms with E-state index in [1.807, 2.05) is 0 Å². The third kappa shape index (κ3) is 4.09. The van der Waals surface area contributed by atoms with E-state index in [0.29, 0.717) is 5.92 Å². The lowest BCUT2D eigenvalue weighted by molar-refractivity contribution is 0.0213. The Kier molecular flexibility index (Phi) is 5.73. The molecule has 0 bridgehead atoms. The first-order valence-electron chi connectivity index (χ1n) is 11.2. The number of benzene rings is 1. The number of rotatable bonds is 7. The number of hydrogen-bond acceptors (Lipinski definition) is 5. The second-order valence-corrected chi connectivity index (χ2v) is 8.66. The average molecular weight is 410 g/mol. The molecule has 0 radical (unpaired) electrons. The zero-order valence-corrected chi connectivity index (χ0v) is 17.7. The van der Waals surface area contributed by atoms with E-state index >= 15 is 0 Å². The Balaban J connectivity index is 1.41. The predicted octanol–water partition coefficient (Wildman–Crippen LogP) is 3.39. The Morgan fingerprint density at radius 1 is 1.17 bits per heavy atom. The Morgan fingerprint density at radius 2 is 2.10 bits per heavy atom. The maximum Gasteiger partial charge on any atom is 0.227 e. The summed E-state index contributed by atoms with van der Waals surface area (Å²) in [6.07, 6.45) is 7.78. The van der Waals surface area contributed by atoms with E-state index < -0.39 is 0 Å². The summed E-state index contributed by atoms with van der Waals surface area (Å²) in [5.74, 6) is 2.46. The first-order chi connectivity index (χ1) is 14.8. The van der Waals surface area contributed by atoms with E-state index in [9.17, 15) is 0 Å². The zero-order valence-electron chi connectivity index (χ0n) is 17.7. The minimum Gasteiger partial charge on any atom is -0.381 e. The summed E-state index contributed by atoms with van der Waals surface area (Å²) < 4.78 is 13.9. The van der Waals surface area contributed by atoms with Crippen LogP contribution in [0.5, 0.6) is 0 Å². The molecule has 0 unspecified atom stereocenters. The molecule has 2 saturated heterocycles. The molecule has 3 aromatic rings. The monoisotopic (exact) mass is 409 g/mol. The smallest absolute Gasteiger partial charge is 0.227 e. The zero-order chi connectivity index (χ0) is 20.3. The summed E-state index contributed by atoms with van der Waals surface area (Å²) in [4.78, 5) is 5.60. The Bertz CT molecular complexity index is 969. The van der Waals surface area contributed by atoms with Gasteiger partial charge in [0, 0.05) is 62.8 Å². The van der Waals surface area contributed by atoms with Crippen LogP contribution < -0.4 is 4.90 Å². The molecule has 7 nitrogen and oxygen atoms in total. The number of ether oxygens (including phenoxy) is 2. The molecular formula is C23H31N5O2. The van der Waals surface area contributed by atoms with Crippen LogP contribution >= 0.6 is 0 Å². The summed E-state index contributed by atoms with van der Waals surface area (Å²) in [5, 5.41) is 10.5. The molecule has 2 fully saturated rings. The Morgan fingerprint density at radius 3 is 2.93 bits per heavy atom. The number of hydrogen-bond donors (Lipinski definition) is 1. The molecule has 0 amide bonds. The molecule has 2 aliphatic heterocycles. The van der Waals surface area contributed by atoms with Crippen LogP contribution in [0.25, 0.3) is 10.9 Å². The number of likely N-dealkylation sites (N-methyl/N-ethyl adjacent to an activating group) is 1. The molecule has 2 atom stereocenters. The van der Waals surface area contributed by atoms with Gasteiger partial charge in [0.05, 0.1) is 12.7 Å². The van der Waals surface area contributed by atoms with Gasteiger partial charge < -0.3 is 19.4 Å². The van der Waals surface area contributed by atoms with Gasteiger partial charge in [-0.15, -0.1) is 10.2 Å². The van der Waals surface area contributed by atoms with E-state index in [0.717, 1.165) is 69.5 Å². The fraction of sp³-hybridized carbons (Fsp3) is 0.565. The summed E-state index contributed by atoms with van der Waals surface area (Å²) in [5.41, 5.74) is 2.42. The van der Waals surface area contributed by atoms with Crippen LogP contribution in [0, 0.1) is 5.92 Å². The van der Waals surface area contributed by atoms with Crippen molar-refractivity contribution in [3.05, 3.63) is 41.9 Å². The molecule has 2 aliphatic rings. The van der Waals surface area contributed by atoms with Gasteiger partial charge in [-0.1, -0.05) is 18.2 Å². The fourth-order valence-electron chi connectivity index (χ4n) is 4.70. The summed E-state index contributed by atoms with van der Waals surface area (Å²) in [6.45, 7) is 4.30. The van der Waals surface area contributed by atoms with Crippen molar-refractivity contribution in [2.75, 3.05) is 38.3 Å². The van der Waals surface area contributed by atoms with Gasteiger partial charge in [0.2, 0.25) is 5.95 Å². The van der Waals surface area contributed by atoms with Gasteiger partial charge in [0.15, 0.2) is 0 Å². The van der Waals surface area contributed by atoms with Crippen molar-refractivity contribution in [2.24, 2.45) is 5.92 Å². The lowest BCUT2D eigenvalue weighted by Gasteiger charge is -2.28. The van der Waals surface area contributed by atoms with Crippen LogP contribution in [0.1, 0.15) is 37.1 Å². The minimum atomic E-state index is 0.279. The van der Waals surface area contributed by atoms with Crippen LogP contribution in [0.3, 0.4) is 0 Å². The normalized spacial score (nSPS) is 22.0. The van der Waals surface area contributed by atoms with E-state index in [1.54, 1.807) is 0 Å². The molecule has 4 heterocycles. The lowest BCUT2D eigenvalue weighted by Crippen LogP contribution is -2.35. The van der Waals surface area contributed by atoms with Crippen molar-refractivity contribution >= 4 is 16.9 Å². The van der Waals surface area contributed by atoms with Gasteiger partial charge in [-0.05, 0) is 37.3 Å². The predicted molar refractivity (Wildman–Crippen MR) is 117 cm³/mol. The van der Waals surface area contributed by atoms with E-state index in [1.165, 1.54) is 23.8 Å². The number of anilines is 1. The summed E-state index contributed by atoms with van der Waals surface area (Å²) in [7, 11) is 2.11. The SMILES string of the molecule is CN(C[C@H]1CCCCO1)c1nnc(Cc2c[nH]c3ccccc23)n1C[C@H]1CCOC1. The number of nitrogens with one attached hydrogen (secondary N) is 1. The number of H-pyrrole nitrogens is 1. The molecule has 0 aliphatic carbocycles. The topological polar surface area (TPSA) is 68.2 Å². The second kappa shape index (κ2) is 8.78. The standard InChI is InChI=1S/C23H31N5O2/c1-27(15-19-6-4-5-10-30-19)23-26-25-22(28(23)14-17-9-11-29-16-17)12-18-13-24-21-8-3-2-7-20(18)21/h2-3,7-8,13,17,19,24H,4-6,9-12,14-16H2,1H3/t17-,19-/m1/s1. The molecule has 1 N–H and O–H groups in total. The van der Waals surface area contributed by atoms with Gasteiger partial charge in [-0.2, -0.15) is 0 Å². The van der Waals surface area contributed by atoms with Crippen LogP contribution in [0.4, 0.5) is 5.95 Å². The fourth-order valence-corrected chi connectivity index (χ4v) is 4.70. The molecule has 7 heteroatoms. The highest BCUT2D eigenvalue weighted by molar-refractivity contribution is 5.83. The van der Waals surface area contributed by atoms with Crippen LogP contribution in [0.2, 0.25) is 0 Å².